The number of halogens is 1. The minimum Gasteiger partial charge on any atom is -0.342 e. The summed E-state index contributed by atoms with van der Waals surface area (Å²) in [4.78, 5) is 12.6. The average molecular weight is 362 g/mol. The largest absolute Gasteiger partial charge is 0.342 e. The van der Waals surface area contributed by atoms with Crippen molar-refractivity contribution in [2.24, 2.45) is 0 Å². The van der Waals surface area contributed by atoms with Crippen molar-refractivity contribution in [3.63, 3.8) is 0 Å². The first kappa shape index (κ1) is 18.0. The molecule has 2 nitrogen and oxygen atoms in total. The first-order valence-electron chi connectivity index (χ1n) is 8.49. The molecule has 0 spiro atoms. The third-order valence-electron chi connectivity index (χ3n) is 4.24. The number of rotatable bonds is 5. The monoisotopic (exact) mass is 361 g/mol. The third-order valence-corrected chi connectivity index (χ3v) is 4.58. The molecule has 0 fully saturated rings. The van der Waals surface area contributed by atoms with Gasteiger partial charge in [0.1, 0.15) is 0 Å². The number of amides is 1. The fourth-order valence-electron chi connectivity index (χ4n) is 2.86. The highest BCUT2D eigenvalue weighted by molar-refractivity contribution is 6.32. The molecule has 1 amide bonds. The second-order valence-corrected chi connectivity index (χ2v) is 6.47. The van der Waals surface area contributed by atoms with E-state index in [4.69, 9.17) is 11.6 Å². The summed E-state index contributed by atoms with van der Waals surface area (Å²) in [5.74, 6) is -0.165. The van der Waals surface area contributed by atoms with E-state index in [0.29, 0.717) is 5.02 Å². The Morgan fingerprint density at radius 1 is 0.923 bits per heavy atom. The lowest BCUT2D eigenvalue weighted by molar-refractivity contribution is -0.116. The van der Waals surface area contributed by atoms with Gasteiger partial charge in [0.2, 0.25) is 5.91 Å². The van der Waals surface area contributed by atoms with Crippen LogP contribution in [0.2, 0.25) is 5.02 Å². The van der Waals surface area contributed by atoms with E-state index in [9.17, 15) is 4.79 Å². The highest BCUT2D eigenvalue weighted by Crippen LogP contribution is 2.25. The van der Waals surface area contributed by atoms with Crippen molar-refractivity contribution < 1.29 is 4.79 Å². The number of carbonyl (C=O) groups is 1. The van der Waals surface area contributed by atoms with Crippen molar-refractivity contribution in [2.45, 2.75) is 13.0 Å². The Bertz CT molecular complexity index is 918. The minimum absolute atomic E-state index is 0.165. The molecule has 3 aromatic rings. The van der Waals surface area contributed by atoms with Crippen LogP contribution < -0.4 is 5.32 Å². The standard InChI is InChI=1S/C23H20ClNO/c1-17-9-5-7-13-20(17)23(19-11-3-2-4-12-19)25-22(26)16-15-18-10-6-8-14-21(18)24/h2-16,23H,1H3,(H,25,26)/b16-15+/t23-/m1/s1. The lowest BCUT2D eigenvalue weighted by atomic mass is 9.95. The number of carbonyl (C=O) groups excluding carboxylic acids is 1. The first-order chi connectivity index (χ1) is 12.6. The molecule has 26 heavy (non-hydrogen) atoms. The van der Waals surface area contributed by atoms with Gasteiger partial charge in [-0.3, -0.25) is 4.79 Å². The minimum atomic E-state index is -0.208. The molecular weight excluding hydrogens is 342 g/mol. The average Bonchev–Trinajstić information content (AvgIpc) is 2.67. The highest BCUT2D eigenvalue weighted by Gasteiger charge is 2.17. The van der Waals surface area contributed by atoms with E-state index >= 15 is 0 Å². The van der Waals surface area contributed by atoms with Crippen LogP contribution in [0.3, 0.4) is 0 Å². The van der Waals surface area contributed by atoms with Crippen molar-refractivity contribution in [1.29, 1.82) is 0 Å². The molecule has 1 N–H and O–H groups in total. The summed E-state index contributed by atoms with van der Waals surface area (Å²) in [5, 5.41) is 3.73. The van der Waals surface area contributed by atoms with Crippen molar-refractivity contribution in [2.75, 3.05) is 0 Å². The van der Waals surface area contributed by atoms with E-state index < -0.39 is 0 Å². The van der Waals surface area contributed by atoms with Gasteiger partial charge in [0, 0.05) is 11.1 Å². The zero-order chi connectivity index (χ0) is 18.4. The van der Waals surface area contributed by atoms with Crippen LogP contribution in [0.1, 0.15) is 28.3 Å². The SMILES string of the molecule is Cc1ccccc1[C@H](NC(=O)/C=C/c1ccccc1Cl)c1ccccc1. The fourth-order valence-corrected chi connectivity index (χ4v) is 3.06. The molecule has 0 heterocycles. The second-order valence-electron chi connectivity index (χ2n) is 6.06. The molecule has 1 atom stereocenters. The van der Waals surface area contributed by atoms with Crippen LogP contribution in [0.15, 0.2) is 84.9 Å². The van der Waals surface area contributed by atoms with Crippen molar-refractivity contribution in [1.82, 2.24) is 5.32 Å². The third kappa shape index (κ3) is 4.41. The lowest BCUT2D eigenvalue weighted by Crippen LogP contribution is -2.28. The second kappa shape index (κ2) is 8.50. The van der Waals surface area contributed by atoms with Crippen LogP contribution in [0.25, 0.3) is 6.08 Å². The summed E-state index contributed by atoms with van der Waals surface area (Å²) in [7, 11) is 0. The molecule has 0 aliphatic heterocycles. The number of hydrogen-bond donors (Lipinski definition) is 1. The molecule has 0 unspecified atom stereocenters. The van der Waals surface area contributed by atoms with Crippen LogP contribution in [0.5, 0.6) is 0 Å². The Labute approximate surface area is 159 Å². The van der Waals surface area contributed by atoms with Crippen LogP contribution in [0, 0.1) is 6.92 Å². The lowest BCUT2D eigenvalue weighted by Gasteiger charge is -2.21. The van der Waals surface area contributed by atoms with Crippen LogP contribution in [0.4, 0.5) is 0 Å². The predicted octanol–water partition coefficient (Wildman–Crippen LogP) is 5.57. The van der Waals surface area contributed by atoms with Crippen LogP contribution >= 0.6 is 11.6 Å². The Morgan fingerprint density at radius 2 is 1.58 bits per heavy atom. The summed E-state index contributed by atoms with van der Waals surface area (Å²) in [6.07, 6.45) is 3.26. The van der Waals surface area contributed by atoms with Crippen molar-refractivity contribution in [3.8, 4) is 0 Å². The zero-order valence-electron chi connectivity index (χ0n) is 14.5. The Hall–Kier alpha value is -2.84. The van der Waals surface area contributed by atoms with Gasteiger partial charge in [-0.15, -0.1) is 0 Å². The topological polar surface area (TPSA) is 29.1 Å². The van der Waals surface area contributed by atoms with Gasteiger partial charge < -0.3 is 5.32 Å². The molecule has 0 saturated carbocycles. The molecule has 0 aromatic heterocycles. The van der Waals surface area contributed by atoms with Gasteiger partial charge in [0.25, 0.3) is 0 Å². The molecule has 3 aromatic carbocycles. The number of aryl methyl sites for hydroxylation is 1. The molecule has 0 aliphatic carbocycles. The van der Waals surface area contributed by atoms with Gasteiger partial charge >= 0.3 is 0 Å². The fraction of sp³-hybridized carbons (Fsp3) is 0.0870. The maximum atomic E-state index is 12.6. The van der Waals surface area contributed by atoms with Crippen LogP contribution in [-0.2, 0) is 4.79 Å². The zero-order valence-corrected chi connectivity index (χ0v) is 15.3. The quantitative estimate of drug-likeness (QED) is 0.591. The van der Waals surface area contributed by atoms with Gasteiger partial charge in [0.15, 0.2) is 0 Å². The molecule has 0 bridgehead atoms. The highest BCUT2D eigenvalue weighted by atomic mass is 35.5. The van der Waals surface area contributed by atoms with Gasteiger partial charge in [-0.05, 0) is 41.3 Å². The summed E-state index contributed by atoms with van der Waals surface area (Å²) in [5.41, 5.74) is 4.08. The first-order valence-corrected chi connectivity index (χ1v) is 8.86. The Balaban J connectivity index is 1.86. The molecule has 0 radical (unpaired) electrons. The maximum Gasteiger partial charge on any atom is 0.244 e. The van der Waals surface area contributed by atoms with Gasteiger partial charge in [0.05, 0.1) is 6.04 Å². The molecule has 130 valence electrons. The summed E-state index contributed by atoms with van der Waals surface area (Å²) >= 11 is 6.14. The summed E-state index contributed by atoms with van der Waals surface area (Å²) < 4.78 is 0. The van der Waals surface area contributed by atoms with E-state index in [-0.39, 0.29) is 11.9 Å². The summed E-state index contributed by atoms with van der Waals surface area (Å²) in [6, 6.07) is 25.3. The van der Waals surface area contributed by atoms with Gasteiger partial charge in [-0.25, -0.2) is 0 Å². The van der Waals surface area contributed by atoms with E-state index in [0.717, 1.165) is 22.3 Å². The number of hydrogen-bond acceptors (Lipinski definition) is 1. The predicted molar refractivity (Wildman–Crippen MR) is 108 cm³/mol. The summed E-state index contributed by atoms with van der Waals surface area (Å²) in [6.45, 7) is 2.05. The number of nitrogens with one attached hydrogen (secondary N) is 1. The maximum absolute atomic E-state index is 12.6. The molecule has 0 aliphatic rings. The van der Waals surface area contributed by atoms with E-state index in [1.807, 2.05) is 66.7 Å². The molecule has 3 rings (SSSR count). The molecular formula is C23H20ClNO. The molecule has 0 saturated heterocycles. The van der Waals surface area contributed by atoms with E-state index in [1.165, 1.54) is 6.08 Å². The number of benzene rings is 3. The van der Waals surface area contributed by atoms with E-state index in [2.05, 4.69) is 18.3 Å². The van der Waals surface area contributed by atoms with E-state index in [1.54, 1.807) is 12.1 Å². The Morgan fingerprint density at radius 3 is 2.31 bits per heavy atom. The Kier molecular flexibility index (Phi) is 5.88. The van der Waals surface area contributed by atoms with Gasteiger partial charge in [-0.1, -0.05) is 84.4 Å². The van der Waals surface area contributed by atoms with Crippen molar-refractivity contribution >= 4 is 23.6 Å². The van der Waals surface area contributed by atoms with Crippen molar-refractivity contribution in [3.05, 3.63) is 112 Å². The smallest absolute Gasteiger partial charge is 0.244 e. The normalized spacial score (nSPS) is 12.1. The van der Waals surface area contributed by atoms with Gasteiger partial charge in [-0.2, -0.15) is 0 Å². The van der Waals surface area contributed by atoms with Crippen LogP contribution in [-0.4, -0.2) is 5.91 Å². The molecule has 3 heteroatoms.